The number of amides is 1. The number of rotatable bonds is 5. The fraction of sp³-hybridized carbons (Fsp3) is 0.652. The largest absolute Gasteiger partial charge is 0.353 e. The van der Waals surface area contributed by atoms with Crippen molar-refractivity contribution in [3.8, 4) is 0 Å². The Balaban J connectivity index is 1.44. The van der Waals surface area contributed by atoms with Crippen molar-refractivity contribution in [2.24, 2.45) is 9.81 Å². The second kappa shape index (κ2) is 9.08. The molecule has 2 N–H and O–H groups in total. The van der Waals surface area contributed by atoms with Crippen LogP contribution >= 0.6 is 0 Å². The summed E-state index contributed by atoms with van der Waals surface area (Å²) < 4.78 is 29.3. The Bertz CT molecular complexity index is 896. The first-order valence-electron chi connectivity index (χ1n) is 11.5. The Morgan fingerprint density at radius 1 is 1.03 bits per heavy atom. The van der Waals surface area contributed by atoms with Crippen LogP contribution in [0.5, 0.6) is 0 Å². The molecule has 0 unspecified atom stereocenters. The maximum atomic E-state index is 12.9. The summed E-state index contributed by atoms with van der Waals surface area (Å²) in [6.07, 6.45) is 13.3. The molecule has 30 heavy (non-hydrogen) atoms. The van der Waals surface area contributed by atoms with Gasteiger partial charge < -0.3 is 10.6 Å². The van der Waals surface area contributed by atoms with Gasteiger partial charge in [-0.2, -0.15) is 8.42 Å². The molecule has 2 aliphatic carbocycles. The van der Waals surface area contributed by atoms with Gasteiger partial charge in [0.15, 0.2) is 0 Å². The first kappa shape index (κ1) is 21.3. The zero-order valence-electron chi connectivity index (χ0n) is 17.7. The number of para-hydroxylation sites is 1. The molecule has 3 aliphatic rings. The van der Waals surface area contributed by atoms with Crippen LogP contribution in [-0.4, -0.2) is 26.2 Å². The molecule has 0 aromatic heterocycles. The van der Waals surface area contributed by atoms with E-state index in [-0.39, 0.29) is 22.3 Å². The number of hydrogen-bond donors (Lipinski definition) is 2. The lowest BCUT2D eigenvalue weighted by molar-refractivity contribution is -0.124. The molecule has 4 rings (SSSR count). The van der Waals surface area contributed by atoms with E-state index in [1.807, 2.05) is 6.07 Å². The van der Waals surface area contributed by atoms with Crippen LogP contribution < -0.4 is 10.6 Å². The highest BCUT2D eigenvalue weighted by atomic mass is 32.2. The third-order valence-electron chi connectivity index (χ3n) is 6.89. The minimum atomic E-state index is -3.69. The summed E-state index contributed by atoms with van der Waals surface area (Å²) in [4.78, 5) is 13.2. The van der Waals surface area contributed by atoms with E-state index in [0.717, 1.165) is 38.5 Å². The highest BCUT2D eigenvalue weighted by Crippen LogP contribution is 2.45. The molecule has 6 nitrogen and oxygen atoms in total. The number of amidine groups is 1. The molecule has 0 bridgehead atoms. The first-order valence-corrected chi connectivity index (χ1v) is 12.9. The van der Waals surface area contributed by atoms with Gasteiger partial charge >= 0.3 is 0 Å². The Morgan fingerprint density at radius 3 is 2.43 bits per heavy atom. The summed E-state index contributed by atoms with van der Waals surface area (Å²) in [6.45, 7) is 0. The SMILES string of the molecule is O=C(CC1(CC2=NS(=O)(=O)c3ccccc3N2)CCCC1)NC1CCCCCCC1. The van der Waals surface area contributed by atoms with E-state index in [2.05, 4.69) is 15.0 Å². The van der Waals surface area contributed by atoms with Crippen LogP contribution in [0.4, 0.5) is 5.69 Å². The Kier molecular flexibility index (Phi) is 6.46. The second-order valence-corrected chi connectivity index (χ2v) is 10.9. The van der Waals surface area contributed by atoms with E-state index >= 15 is 0 Å². The average molecular weight is 432 g/mol. The zero-order valence-corrected chi connectivity index (χ0v) is 18.5. The van der Waals surface area contributed by atoms with E-state index < -0.39 is 10.0 Å². The van der Waals surface area contributed by atoms with Gasteiger partial charge in [0, 0.05) is 18.9 Å². The highest BCUT2D eigenvalue weighted by molar-refractivity contribution is 7.90. The van der Waals surface area contributed by atoms with Crippen molar-refractivity contribution in [1.82, 2.24) is 5.32 Å². The number of hydrogen-bond acceptors (Lipinski definition) is 4. The number of carbonyl (C=O) groups is 1. The fourth-order valence-corrected chi connectivity index (χ4v) is 6.51. The van der Waals surface area contributed by atoms with Crippen LogP contribution in [0.1, 0.15) is 83.5 Å². The molecule has 1 aliphatic heterocycles. The maximum absolute atomic E-state index is 12.9. The van der Waals surface area contributed by atoms with Gasteiger partial charge in [-0.3, -0.25) is 4.79 Å². The summed E-state index contributed by atoms with van der Waals surface area (Å²) in [7, 11) is -3.69. The van der Waals surface area contributed by atoms with Gasteiger partial charge in [0.25, 0.3) is 10.0 Å². The van der Waals surface area contributed by atoms with Crippen molar-refractivity contribution >= 4 is 27.5 Å². The number of sulfonamides is 1. The molecule has 1 aromatic rings. The molecule has 0 atom stereocenters. The molecule has 2 fully saturated rings. The second-order valence-electron chi connectivity index (χ2n) is 9.30. The molecule has 1 aromatic carbocycles. The van der Waals surface area contributed by atoms with Crippen molar-refractivity contribution in [1.29, 1.82) is 0 Å². The molecule has 0 spiro atoms. The van der Waals surface area contributed by atoms with Gasteiger partial charge in [-0.1, -0.05) is 57.1 Å². The smallest absolute Gasteiger partial charge is 0.286 e. The topological polar surface area (TPSA) is 87.6 Å². The van der Waals surface area contributed by atoms with Crippen LogP contribution in [0.2, 0.25) is 0 Å². The van der Waals surface area contributed by atoms with Gasteiger partial charge in [0.05, 0.1) is 5.69 Å². The van der Waals surface area contributed by atoms with Gasteiger partial charge in [-0.25, -0.2) is 0 Å². The number of carbonyl (C=O) groups excluding carboxylic acids is 1. The number of nitrogens with zero attached hydrogens (tertiary/aromatic N) is 1. The van der Waals surface area contributed by atoms with Crippen molar-refractivity contribution in [2.45, 2.75) is 94.4 Å². The molecule has 1 heterocycles. The predicted molar refractivity (Wildman–Crippen MR) is 119 cm³/mol. The fourth-order valence-electron chi connectivity index (χ4n) is 5.36. The van der Waals surface area contributed by atoms with Crippen LogP contribution in [0.3, 0.4) is 0 Å². The Hall–Kier alpha value is -1.89. The van der Waals surface area contributed by atoms with Crippen LogP contribution in [0.25, 0.3) is 0 Å². The number of anilines is 1. The van der Waals surface area contributed by atoms with Gasteiger partial charge in [-0.15, -0.1) is 4.40 Å². The zero-order chi connectivity index (χ0) is 21.0. The first-order chi connectivity index (χ1) is 14.5. The van der Waals surface area contributed by atoms with Crippen molar-refractivity contribution in [3.05, 3.63) is 24.3 Å². The molecule has 1 amide bonds. The number of benzene rings is 1. The van der Waals surface area contributed by atoms with E-state index in [0.29, 0.717) is 24.4 Å². The van der Waals surface area contributed by atoms with Crippen LogP contribution in [0, 0.1) is 5.41 Å². The lowest BCUT2D eigenvalue weighted by Crippen LogP contribution is -2.39. The van der Waals surface area contributed by atoms with E-state index in [9.17, 15) is 13.2 Å². The standard InChI is InChI=1S/C23H33N3O3S/c27-22(24-18-10-4-2-1-3-5-11-18)17-23(14-8-9-15-23)16-21-25-19-12-6-7-13-20(19)30(28,29)26-21/h6-7,12-13,18H,1-5,8-11,14-17H2,(H,24,27)(H,25,26). The molecule has 164 valence electrons. The minimum absolute atomic E-state index is 0.113. The summed E-state index contributed by atoms with van der Waals surface area (Å²) in [5.41, 5.74) is 0.369. The summed E-state index contributed by atoms with van der Waals surface area (Å²) in [6, 6.07) is 7.15. The third-order valence-corrected chi connectivity index (χ3v) is 8.26. The third kappa shape index (κ3) is 5.05. The monoisotopic (exact) mass is 431 g/mol. The lowest BCUT2D eigenvalue weighted by atomic mass is 9.78. The Labute approximate surface area is 180 Å². The number of nitrogens with one attached hydrogen (secondary N) is 2. The van der Waals surface area contributed by atoms with E-state index in [4.69, 9.17) is 0 Å². The minimum Gasteiger partial charge on any atom is -0.353 e. The summed E-state index contributed by atoms with van der Waals surface area (Å²) >= 11 is 0. The Morgan fingerprint density at radius 2 is 1.70 bits per heavy atom. The van der Waals surface area contributed by atoms with E-state index in [1.54, 1.807) is 18.2 Å². The van der Waals surface area contributed by atoms with Crippen molar-refractivity contribution in [2.75, 3.05) is 5.32 Å². The van der Waals surface area contributed by atoms with Crippen LogP contribution in [-0.2, 0) is 14.8 Å². The van der Waals surface area contributed by atoms with Crippen molar-refractivity contribution in [3.63, 3.8) is 0 Å². The molecule has 0 radical (unpaired) electrons. The molecule has 2 saturated carbocycles. The summed E-state index contributed by atoms with van der Waals surface area (Å²) in [5.74, 6) is 0.580. The molecule has 7 heteroatoms. The maximum Gasteiger partial charge on any atom is 0.286 e. The molecule has 0 saturated heterocycles. The quantitative estimate of drug-likeness (QED) is 0.703. The predicted octanol–water partition coefficient (Wildman–Crippen LogP) is 4.77. The van der Waals surface area contributed by atoms with Gasteiger partial charge in [-0.05, 0) is 43.2 Å². The molecular formula is C23H33N3O3S. The highest BCUT2D eigenvalue weighted by Gasteiger charge is 2.39. The lowest BCUT2D eigenvalue weighted by Gasteiger charge is -2.31. The van der Waals surface area contributed by atoms with Crippen LogP contribution in [0.15, 0.2) is 33.6 Å². The summed E-state index contributed by atoms with van der Waals surface area (Å²) in [5, 5.41) is 6.50. The van der Waals surface area contributed by atoms with Crippen molar-refractivity contribution < 1.29 is 13.2 Å². The number of fused-ring (bicyclic) bond motifs is 1. The molecular weight excluding hydrogens is 398 g/mol. The normalized spacial score (nSPS) is 23.4. The van der Waals surface area contributed by atoms with E-state index in [1.165, 1.54) is 32.1 Å². The van der Waals surface area contributed by atoms with Gasteiger partial charge in [0.2, 0.25) is 5.91 Å². The van der Waals surface area contributed by atoms with Gasteiger partial charge in [0.1, 0.15) is 10.7 Å². The average Bonchev–Trinajstić information content (AvgIpc) is 3.11.